The third kappa shape index (κ3) is 7.65. The summed E-state index contributed by atoms with van der Waals surface area (Å²) in [5.74, 6) is 1.78. The predicted molar refractivity (Wildman–Crippen MR) is 229 cm³/mol. The Morgan fingerprint density at radius 1 is 0.527 bits per heavy atom. The molecule has 0 N–H and O–H groups in total. The third-order valence-corrected chi connectivity index (χ3v) is 11.5. The van der Waals surface area contributed by atoms with E-state index in [4.69, 9.17) is 28.7 Å². The molecule has 0 spiro atoms. The molecule has 4 heterocycles. The molecule has 0 saturated carbocycles. The van der Waals surface area contributed by atoms with Crippen molar-refractivity contribution in [2.45, 2.75) is 45.8 Å². The number of aromatic nitrogens is 4. The maximum atomic E-state index is 6.29. The number of furan rings is 1. The minimum Gasteiger partial charge on any atom is -0.456 e. The highest BCUT2D eigenvalue weighted by Gasteiger charge is 2.51. The standard InChI is InChI=1S/C39H32BN3O3.C6H5Br2N/c1-38(2)39(3,4)46-40(45-38)30-20-17-26(18-21-30)35-41-36(28-14-10-13-27(23-28)25-11-6-5-7-12-25)43-37(42-35)29-19-22-34-32(24-29)31-15-8-9-16-33(31)44-34;1-4-2-6(8)9-3-5(4)7/h5-24H,1-4H3;2-3H,1H3. The van der Waals surface area contributed by atoms with Gasteiger partial charge in [0.15, 0.2) is 17.5 Å². The Hall–Kier alpha value is -5.00. The summed E-state index contributed by atoms with van der Waals surface area (Å²) in [4.78, 5) is 19.1. The summed E-state index contributed by atoms with van der Waals surface area (Å²) in [5.41, 5.74) is 7.90. The molecule has 1 saturated heterocycles. The maximum absolute atomic E-state index is 6.29. The van der Waals surface area contributed by atoms with E-state index in [1.54, 1.807) is 6.20 Å². The topological polar surface area (TPSA) is 83.2 Å². The normalized spacial score (nSPS) is 14.6. The van der Waals surface area contributed by atoms with Gasteiger partial charge >= 0.3 is 7.12 Å². The predicted octanol–water partition coefficient (Wildman–Crippen LogP) is 11.7. The molecule has 10 heteroatoms. The first-order valence-electron chi connectivity index (χ1n) is 18.0. The first-order chi connectivity index (χ1) is 26.4. The summed E-state index contributed by atoms with van der Waals surface area (Å²) >= 11 is 6.61. The first kappa shape index (κ1) is 37.0. The first-order valence-corrected chi connectivity index (χ1v) is 19.6. The lowest BCUT2D eigenvalue weighted by atomic mass is 9.79. The Morgan fingerprint density at radius 2 is 1.09 bits per heavy atom. The van der Waals surface area contributed by atoms with Crippen molar-refractivity contribution in [1.29, 1.82) is 0 Å². The van der Waals surface area contributed by atoms with Gasteiger partial charge in [-0.25, -0.2) is 19.9 Å². The monoisotopic (exact) mass is 850 g/mol. The Labute approximate surface area is 337 Å². The van der Waals surface area contributed by atoms with E-state index in [2.05, 4.69) is 101 Å². The van der Waals surface area contributed by atoms with E-state index < -0.39 is 18.3 Å². The number of fused-ring (bicyclic) bond motifs is 3. The van der Waals surface area contributed by atoms with E-state index in [-0.39, 0.29) is 0 Å². The van der Waals surface area contributed by atoms with Crippen molar-refractivity contribution < 1.29 is 13.7 Å². The highest BCUT2D eigenvalue weighted by Crippen LogP contribution is 2.37. The smallest absolute Gasteiger partial charge is 0.456 e. The lowest BCUT2D eigenvalue weighted by Crippen LogP contribution is -2.41. The molecule has 1 fully saturated rings. The van der Waals surface area contributed by atoms with Gasteiger partial charge in [-0.15, -0.1) is 0 Å². The highest BCUT2D eigenvalue weighted by molar-refractivity contribution is 9.11. The van der Waals surface area contributed by atoms with E-state index in [1.807, 2.05) is 97.9 Å². The molecule has 55 heavy (non-hydrogen) atoms. The largest absolute Gasteiger partial charge is 0.494 e. The van der Waals surface area contributed by atoms with Crippen LogP contribution in [0, 0.1) is 6.92 Å². The van der Waals surface area contributed by atoms with Gasteiger partial charge in [-0.3, -0.25) is 0 Å². The van der Waals surface area contributed by atoms with Gasteiger partial charge in [0.25, 0.3) is 0 Å². The van der Waals surface area contributed by atoms with Gasteiger partial charge in [0.1, 0.15) is 15.8 Å². The van der Waals surface area contributed by atoms with Crippen molar-refractivity contribution >= 4 is 66.4 Å². The van der Waals surface area contributed by atoms with Crippen LogP contribution in [0.5, 0.6) is 0 Å². The summed E-state index contributed by atoms with van der Waals surface area (Å²) in [6, 6.07) is 42.9. The van der Waals surface area contributed by atoms with Gasteiger partial charge in [0, 0.05) is 38.1 Å². The van der Waals surface area contributed by atoms with Crippen LogP contribution in [0.2, 0.25) is 0 Å². The minimum absolute atomic E-state index is 0.413. The number of nitrogens with zero attached hydrogens (tertiary/aromatic N) is 4. The van der Waals surface area contributed by atoms with Crippen molar-refractivity contribution in [3.63, 3.8) is 0 Å². The second-order valence-electron chi connectivity index (χ2n) is 14.5. The van der Waals surface area contributed by atoms with Crippen LogP contribution in [-0.4, -0.2) is 38.3 Å². The van der Waals surface area contributed by atoms with E-state index in [1.165, 1.54) is 5.56 Å². The Kier molecular flexibility index (Phi) is 10.0. The van der Waals surface area contributed by atoms with Crippen LogP contribution in [0.1, 0.15) is 33.3 Å². The lowest BCUT2D eigenvalue weighted by molar-refractivity contribution is 0.00578. The third-order valence-electron chi connectivity index (χ3n) is 10.2. The van der Waals surface area contributed by atoms with Crippen molar-refractivity contribution in [2.24, 2.45) is 0 Å². The molecule has 0 radical (unpaired) electrons. The molecule has 8 aromatic rings. The summed E-state index contributed by atoms with van der Waals surface area (Å²) in [7, 11) is -0.444. The quantitative estimate of drug-likeness (QED) is 0.126. The number of para-hydroxylation sites is 1. The van der Waals surface area contributed by atoms with Crippen LogP contribution in [0.3, 0.4) is 0 Å². The lowest BCUT2D eigenvalue weighted by Gasteiger charge is -2.32. The molecule has 5 aromatic carbocycles. The molecule has 0 atom stereocenters. The van der Waals surface area contributed by atoms with Crippen LogP contribution in [0.4, 0.5) is 0 Å². The summed E-state index contributed by atoms with van der Waals surface area (Å²) in [6.45, 7) is 10.3. The maximum Gasteiger partial charge on any atom is 0.494 e. The van der Waals surface area contributed by atoms with Gasteiger partial charge in [-0.05, 0) is 125 Å². The number of hydrogen-bond donors (Lipinski definition) is 0. The summed E-state index contributed by atoms with van der Waals surface area (Å²) < 4.78 is 20.6. The van der Waals surface area contributed by atoms with Gasteiger partial charge in [0.2, 0.25) is 0 Å². The molecule has 0 unspecified atom stereocenters. The molecular formula is C45H37BBr2N4O3. The molecular weight excluding hydrogens is 815 g/mol. The number of halogens is 2. The molecule has 1 aliphatic heterocycles. The SMILES string of the molecule is CC1(C)OB(c2ccc(-c3nc(-c4cccc(-c5ccccc5)c4)nc(-c4ccc5oc6ccccc6c5c4)n3)cc2)OC1(C)C.Cc1cc(Br)ncc1Br. The second kappa shape index (κ2) is 14.9. The minimum atomic E-state index is -0.444. The van der Waals surface area contributed by atoms with Crippen molar-refractivity contribution in [1.82, 2.24) is 19.9 Å². The highest BCUT2D eigenvalue weighted by atomic mass is 79.9. The molecule has 3 aromatic heterocycles. The molecule has 272 valence electrons. The van der Waals surface area contributed by atoms with Crippen molar-refractivity contribution in [3.05, 3.63) is 148 Å². The van der Waals surface area contributed by atoms with E-state index in [0.29, 0.717) is 17.5 Å². The average Bonchev–Trinajstić information content (AvgIpc) is 3.68. The molecule has 7 nitrogen and oxygen atoms in total. The zero-order chi connectivity index (χ0) is 38.3. The zero-order valence-corrected chi connectivity index (χ0v) is 34.2. The molecule has 0 bridgehead atoms. The Morgan fingerprint density at radius 3 is 1.76 bits per heavy atom. The Bertz CT molecular complexity index is 2650. The van der Waals surface area contributed by atoms with Crippen molar-refractivity contribution in [3.8, 4) is 45.3 Å². The number of benzene rings is 5. The number of hydrogen-bond acceptors (Lipinski definition) is 7. The Balaban J connectivity index is 0.000000419. The van der Waals surface area contributed by atoms with E-state index in [9.17, 15) is 0 Å². The molecule has 1 aliphatic rings. The fourth-order valence-corrected chi connectivity index (χ4v) is 7.03. The second-order valence-corrected chi connectivity index (χ2v) is 16.2. The molecule has 0 amide bonds. The number of rotatable bonds is 5. The summed E-state index contributed by atoms with van der Waals surface area (Å²) in [6.07, 6.45) is 1.78. The van der Waals surface area contributed by atoms with Crippen molar-refractivity contribution in [2.75, 3.05) is 0 Å². The van der Waals surface area contributed by atoms with Gasteiger partial charge in [-0.2, -0.15) is 0 Å². The molecule has 9 rings (SSSR count). The average molecular weight is 852 g/mol. The fourth-order valence-electron chi connectivity index (χ4n) is 6.37. The van der Waals surface area contributed by atoms with E-state index >= 15 is 0 Å². The zero-order valence-electron chi connectivity index (χ0n) is 31.0. The number of aryl methyl sites for hydroxylation is 1. The van der Waals surface area contributed by atoms with Crippen LogP contribution in [-0.2, 0) is 9.31 Å². The summed E-state index contributed by atoms with van der Waals surface area (Å²) in [5, 5.41) is 2.08. The fraction of sp³-hybridized carbons (Fsp3) is 0.156. The van der Waals surface area contributed by atoms with Gasteiger partial charge in [-0.1, -0.05) is 91.0 Å². The van der Waals surface area contributed by atoms with Crippen LogP contribution >= 0.6 is 31.9 Å². The molecule has 0 aliphatic carbocycles. The van der Waals surface area contributed by atoms with E-state index in [0.717, 1.165) is 64.3 Å². The van der Waals surface area contributed by atoms with Crippen LogP contribution in [0.25, 0.3) is 67.2 Å². The number of pyridine rings is 1. The van der Waals surface area contributed by atoms with Gasteiger partial charge in [0.05, 0.1) is 11.2 Å². The van der Waals surface area contributed by atoms with Crippen LogP contribution in [0.15, 0.2) is 147 Å². The van der Waals surface area contributed by atoms with Gasteiger partial charge < -0.3 is 13.7 Å². The van der Waals surface area contributed by atoms with Crippen LogP contribution < -0.4 is 5.46 Å².